The van der Waals surface area contributed by atoms with Crippen molar-refractivity contribution in [3.8, 4) is 0 Å². The van der Waals surface area contributed by atoms with Crippen LogP contribution in [0.1, 0.15) is 79.6 Å². The van der Waals surface area contributed by atoms with Crippen LogP contribution in [0.15, 0.2) is 0 Å². The van der Waals surface area contributed by atoms with Gasteiger partial charge in [0.25, 0.3) is 0 Å². The monoisotopic (exact) mass is 434 g/mol. The molecular weight excluding hydrogens is 388 g/mol. The highest BCUT2D eigenvalue weighted by Crippen LogP contribution is 2.82. The van der Waals surface area contributed by atoms with Crippen molar-refractivity contribution in [1.82, 2.24) is 0 Å². The fourth-order valence-electron chi connectivity index (χ4n) is 9.31. The van der Waals surface area contributed by atoms with E-state index in [9.17, 15) is 5.11 Å². The van der Waals surface area contributed by atoms with Gasteiger partial charge in [0.2, 0.25) is 0 Å². The summed E-state index contributed by atoms with van der Waals surface area (Å²) in [6.07, 6.45) is 9.11. The van der Waals surface area contributed by atoms with Gasteiger partial charge in [-0.2, -0.15) is 0 Å². The Morgan fingerprint density at radius 3 is 2.30 bits per heavy atom. The Bertz CT molecular complexity index is 716. The maximum atomic E-state index is 11.5. The van der Waals surface area contributed by atoms with E-state index in [1.807, 2.05) is 7.11 Å². The van der Waals surface area contributed by atoms with Gasteiger partial charge in [-0.15, -0.1) is 0 Å². The minimum Gasteiger partial charge on any atom is -0.413 e. The number of aliphatic hydroxyl groups is 1. The average Bonchev–Trinajstić information content (AvgIpc) is 3.21. The summed E-state index contributed by atoms with van der Waals surface area (Å²) in [7, 11) is 0.0846. The van der Waals surface area contributed by atoms with E-state index in [2.05, 4.69) is 47.7 Å². The molecule has 5 rings (SSSR count). The third-order valence-electron chi connectivity index (χ3n) is 12.0. The third kappa shape index (κ3) is 2.54. The van der Waals surface area contributed by atoms with Crippen LogP contribution in [0.4, 0.5) is 0 Å². The first-order chi connectivity index (χ1) is 13.8. The molecule has 172 valence electrons. The summed E-state index contributed by atoms with van der Waals surface area (Å²) in [6.45, 7) is 16.8. The molecule has 5 aliphatic carbocycles. The van der Waals surface area contributed by atoms with Crippen LogP contribution in [0.2, 0.25) is 18.1 Å². The molecule has 1 spiro atoms. The molecular formula is C26H46O3Si. The zero-order chi connectivity index (χ0) is 21.9. The summed E-state index contributed by atoms with van der Waals surface area (Å²) in [5.41, 5.74) is 0.981. The molecule has 0 aromatic carbocycles. The van der Waals surface area contributed by atoms with Crippen molar-refractivity contribution in [3.63, 3.8) is 0 Å². The summed E-state index contributed by atoms with van der Waals surface area (Å²) >= 11 is 0. The normalized spacial score (nSPS) is 54.9. The Labute approximate surface area is 185 Å². The molecule has 30 heavy (non-hydrogen) atoms. The molecule has 5 aliphatic rings. The van der Waals surface area contributed by atoms with Crippen LogP contribution in [0.25, 0.3) is 0 Å². The fraction of sp³-hybridized carbons (Fsp3) is 1.00. The first-order valence-corrected chi connectivity index (χ1v) is 15.6. The van der Waals surface area contributed by atoms with Crippen LogP contribution < -0.4 is 0 Å². The van der Waals surface area contributed by atoms with Gasteiger partial charge in [-0.05, 0) is 97.6 Å². The Hall–Kier alpha value is 0.0969. The molecule has 10 atom stereocenters. The second kappa shape index (κ2) is 6.36. The van der Waals surface area contributed by atoms with E-state index in [1.54, 1.807) is 0 Å². The van der Waals surface area contributed by atoms with Gasteiger partial charge in [0, 0.05) is 12.5 Å². The smallest absolute Gasteiger partial charge is 0.192 e. The van der Waals surface area contributed by atoms with E-state index >= 15 is 0 Å². The SMILES string of the molecule is CO[C@H]1C[C@@H]2[C@H]3[C@H](O)C[C@@H](O[Si](C)(C)C(C)(C)C)[C@]3(C)CC[C@H]2[C@]2(C)CC[C@H]3C[C@@]312. The molecule has 0 radical (unpaired) electrons. The second-order valence-electron chi connectivity index (χ2n) is 13.9. The van der Waals surface area contributed by atoms with E-state index < -0.39 is 8.32 Å². The molecule has 3 nitrogen and oxygen atoms in total. The summed E-state index contributed by atoms with van der Waals surface area (Å²) in [4.78, 5) is 0. The first kappa shape index (κ1) is 21.9. The predicted molar refractivity (Wildman–Crippen MR) is 124 cm³/mol. The van der Waals surface area contributed by atoms with E-state index in [-0.39, 0.29) is 22.7 Å². The molecule has 0 bridgehead atoms. The maximum absolute atomic E-state index is 11.5. The number of methoxy groups -OCH3 is 1. The lowest BCUT2D eigenvalue weighted by Gasteiger charge is -2.61. The minimum absolute atomic E-state index is 0.108. The molecule has 0 amide bonds. The average molecular weight is 435 g/mol. The van der Waals surface area contributed by atoms with Crippen LogP contribution in [0.5, 0.6) is 0 Å². The van der Waals surface area contributed by atoms with Crippen molar-refractivity contribution in [2.45, 2.75) is 116 Å². The number of rotatable bonds is 3. The van der Waals surface area contributed by atoms with Gasteiger partial charge in [0.1, 0.15) is 0 Å². The Kier molecular flexibility index (Phi) is 4.65. The standard InChI is InChI=1S/C26H46O3Si/c1-23(2,3)30(7,8)29-20-14-19(27)22-17-13-21(28-6)26-15-16(26)9-12-25(26,5)18(17)10-11-24(20,22)4/h16-22,27H,9-15H2,1-8H3/t16-,17-,18+,19+,20+,21-,22-,24-,25-,26+/m0/s1. The van der Waals surface area contributed by atoms with E-state index in [4.69, 9.17) is 9.16 Å². The zero-order valence-corrected chi connectivity index (χ0v) is 21.8. The van der Waals surface area contributed by atoms with Crippen molar-refractivity contribution in [3.05, 3.63) is 0 Å². The van der Waals surface area contributed by atoms with Crippen LogP contribution >= 0.6 is 0 Å². The molecule has 4 heteroatoms. The Morgan fingerprint density at radius 2 is 1.70 bits per heavy atom. The highest BCUT2D eigenvalue weighted by atomic mass is 28.4. The largest absolute Gasteiger partial charge is 0.413 e. The number of hydrogen-bond donors (Lipinski definition) is 1. The minimum atomic E-state index is -1.86. The van der Waals surface area contributed by atoms with Crippen molar-refractivity contribution < 1.29 is 14.3 Å². The van der Waals surface area contributed by atoms with Crippen LogP contribution in [0.3, 0.4) is 0 Å². The van der Waals surface area contributed by atoms with Gasteiger partial charge < -0.3 is 14.3 Å². The fourth-order valence-corrected chi connectivity index (χ4v) is 10.7. The van der Waals surface area contributed by atoms with E-state index in [0.717, 1.165) is 24.7 Å². The zero-order valence-electron chi connectivity index (χ0n) is 20.8. The van der Waals surface area contributed by atoms with Crippen LogP contribution in [-0.4, -0.2) is 38.8 Å². The summed E-state index contributed by atoms with van der Waals surface area (Å²) < 4.78 is 13.3. The highest BCUT2D eigenvalue weighted by molar-refractivity contribution is 6.74. The van der Waals surface area contributed by atoms with Gasteiger partial charge in [0.15, 0.2) is 8.32 Å². The Morgan fingerprint density at radius 1 is 1.00 bits per heavy atom. The van der Waals surface area contributed by atoms with Gasteiger partial charge >= 0.3 is 0 Å². The molecule has 0 aliphatic heterocycles. The van der Waals surface area contributed by atoms with E-state index in [0.29, 0.717) is 28.8 Å². The van der Waals surface area contributed by atoms with Gasteiger partial charge in [0.05, 0.1) is 18.3 Å². The molecule has 0 unspecified atom stereocenters. The lowest BCUT2D eigenvalue weighted by Crippen LogP contribution is -2.59. The van der Waals surface area contributed by atoms with Crippen molar-refractivity contribution >= 4 is 8.32 Å². The van der Waals surface area contributed by atoms with Gasteiger partial charge in [-0.3, -0.25) is 0 Å². The highest BCUT2D eigenvalue weighted by Gasteiger charge is 2.78. The third-order valence-corrected chi connectivity index (χ3v) is 16.5. The number of fused-ring (bicyclic) bond motifs is 4. The van der Waals surface area contributed by atoms with Crippen molar-refractivity contribution in [2.24, 2.45) is 39.9 Å². The summed E-state index contributed by atoms with van der Waals surface area (Å²) in [6, 6.07) is 0. The summed E-state index contributed by atoms with van der Waals surface area (Å²) in [5, 5.41) is 11.7. The van der Waals surface area contributed by atoms with Crippen molar-refractivity contribution in [2.75, 3.05) is 7.11 Å². The predicted octanol–water partition coefficient (Wildman–Crippen LogP) is 6.02. The molecule has 0 saturated heterocycles. The first-order valence-electron chi connectivity index (χ1n) is 12.7. The van der Waals surface area contributed by atoms with Gasteiger partial charge in [-0.25, -0.2) is 0 Å². The lowest BCUT2D eigenvalue weighted by atomic mass is 9.46. The lowest BCUT2D eigenvalue weighted by molar-refractivity contribution is -0.172. The van der Waals surface area contributed by atoms with Crippen LogP contribution in [-0.2, 0) is 9.16 Å². The molecule has 1 N–H and O–H groups in total. The molecule has 0 heterocycles. The number of hydrogen-bond acceptors (Lipinski definition) is 3. The molecule has 5 saturated carbocycles. The van der Waals surface area contributed by atoms with Gasteiger partial charge in [-0.1, -0.05) is 34.6 Å². The van der Waals surface area contributed by atoms with E-state index in [1.165, 1.54) is 32.1 Å². The Balaban J connectivity index is 1.46. The number of aliphatic hydroxyl groups excluding tert-OH is 1. The molecule has 5 fully saturated rings. The topological polar surface area (TPSA) is 38.7 Å². The second-order valence-corrected chi connectivity index (χ2v) is 18.6. The molecule has 0 aromatic heterocycles. The molecule has 0 aromatic rings. The number of ether oxygens (including phenoxy) is 1. The summed E-state index contributed by atoms with van der Waals surface area (Å²) in [5.74, 6) is 2.63. The van der Waals surface area contributed by atoms with Crippen molar-refractivity contribution in [1.29, 1.82) is 0 Å². The van der Waals surface area contributed by atoms with Crippen LogP contribution in [0, 0.1) is 39.9 Å². The quantitative estimate of drug-likeness (QED) is 0.552. The maximum Gasteiger partial charge on any atom is 0.192 e.